The van der Waals surface area contributed by atoms with Crippen LogP contribution in [0, 0.1) is 11.3 Å². The van der Waals surface area contributed by atoms with E-state index in [9.17, 15) is 4.79 Å². The summed E-state index contributed by atoms with van der Waals surface area (Å²) in [5.74, 6) is 1.52. The summed E-state index contributed by atoms with van der Waals surface area (Å²) in [4.78, 5) is 13.2. The Morgan fingerprint density at radius 2 is 1.78 bits per heavy atom. The van der Waals surface area contributed by atoms with Gasteiger partial charge in [-0.1, -0.05) is 48.0 Å². The molecule has 0 radical (unpaired) electrons. The molecule has 5 rings (SSSR count). The third-order valence-electron chi connectivity index (χ3n) is 5.58. The van der Waals surface area contributed by atoms with Gasteiger partial charge in [-0.05, 0) is 34.7 Å². The van der Waals surface area contributed by atoms with E-state index in [0.29, 0.717) is 6.42 Å². The molecule has 2 atom stereocenters. The van der Waals surface area contributed by atoms with Crippen molar-refractivity contribution in [3.63, 3.8) is 0 Å². The Morgan fingerprint density at radius 1 is 1.07 bits per heavy atom. The number of allylic oxidation sites excluding steroid dienone is 2. The second-order valence-electron chi connectivity index (χ2n) is 8.16. The van der Waals surface area contributed by atoms with Gasteiger partial charge < -0.3 is 14.8 Å². The van der Waals surface area contributed by atoms with E-state index in [4.69, 9.17) is 9.47 Å². The molecule has 1 N–H and O–H groups in total. The number of ether oxygens (including phenoxy) is 2. The van der Waals surface area contributed by atoms with E-state index in [2.05, 4.69) is 53.3 Å². The quantitative estimate of drug-likeness (QED) is 0.678. The summed E-state index contributed by atoms with van der Waals surface area (Å²) in [6, 6.07) is 12.3. The highest BCUT2D eigenvalue weighted by Gasteiger charge is 2.44. The van der Waals surface area contributed by atoms with Crippen LogP contribution in [0.4, 0.5) is 5.69 Å². The van der Waals surface area contributed by atoms with E-state index in [0.717, 1.165) is 38.5 Å². The van der Waals surface area contributed by atoms with Crippen molar-refractivity contribution >= 4 is 27.4 Å². The van der Waals surface area contributed by atoms with Crippen LogP contribution in [0.1, 0.15) is 37.3 Å². The number of hydrogen-bond acceptors (Lipinski definition) is 4. The monoisotopic (exact) mass is 425 g/mol. The molecule has 0 saturated carbocycles. The minimum atomic E-state index is -0.202. The first-order chi connectivity index (χ1) is 12.9. The van der Waals surface area contributed by atoms with Crippen LogP contribution in [-0.4, -0.2) is 12.6 Å². The van der Waals surface area contributed by atoms with Crippen LogP contribution in [-0.2, 0) is 4.79 Å². The molecule has 2 aromatic carbocycles. The summed E-state index contributed by atoms with van der Waals surface area (Å²) in [5, 5.41) is 3.52. The highest BCUT2D eigenvalue weighted by molar-refractivity contribution is 9.10. The Kier molecular flexibility index (Phi) is 3.66. The number of anilines is 1. The minimum Gasteiger partial charge on any atom is -0.454 e. The van der Waals surface area contributed by atoms with Crippen molar-refractivity contribution in [2.24, 2.45) is 11.3 Å². The van der Waals surface area contributed by atoms with E-state index in [1.54, 1.807) is 0 Å². The molecule has 0 saturated heterocycles. The van der Waals surface area contributed by atoms with E-state index < -0.39 is 0 Å². The molecule has 0 spiro atoms. The molecule has 1 aliphatic carbocycles. The molecule has 2 unspecified atom stereocenters. The van der Waals surface area contributed by atoms with Gasteiger partial charge in [0, 0.05) is 34.3 Å². The van der Waals surface area contributed by atoms with Crippen molar-refractivity contribution in [2.75, 3.05) is 12.1 Å². The summed E-state index contributed by atoms with van der Waals surface area (Å²) >= 11 is 3.51. The van der Waals surface area contributed by atoms with Gasteiger partial charge >= 0.3 is 0 Å². The molecule has 138 valence electrons. The molecule has 3 aliphatic rings. The first-order valence-electron chi connectivity index (χ1n) is 9.13. The lowest BCUT2D eigenvalue weighted by atomic mass is 9.66. The number of nitrogens with one attached hydrogen (secondary N) is 1. The predicted octanol–water partition coefficient (Wildman–Crippen LogP) is 5.23. The fraction of sp³-hybridized carbons (Fsp3) is 0.318. The lowest BCUT2D eigenvalue weighted by Gasteiger charge is -2.41. The normalized spacial score (nSPS) is 24.6. The SMILES string of the molecule is CC1(C)C=C2Nc3cc4c(cc3C(c3ccc(Br)cc3)C2C(=O)C1)OCO4. The standard InChI is InChI=1S/C22H20BrNO3/c1-22(2)9-16-21(17(25)10-22)20(12-3-5-13(23)6-4-12)14-7-18-19(27-11-26-18)8-15(14)24-16/h3-9,20-21,24H,10-11H2,1-2H3. The van der Waals surface area contributed by atoms with E-state index in [-0.39, 0.29) is 29.8 Å². The number of ketones is 1. The van der Waals surface area contributed by atoms with Crippen molar-refractivity contribution in [1.29, 1.82) is 0 Å². The number of Topliss-reactive ketones (excluding diaryl/α,β-unsaturated/α-hetero) is 1. The van der Waals surface area contributed by atoms with Crippen LogP contribution >= 0.6 is 15.9 Å². The third kappa shape index (κ3) is 2.76. The zero-order chi connectivity index (χ0) is 18.8. The van der Waals surface area contributed by atoms with Crippen molar-refractivity contribution < 1.29 is 14.3 Å². The zero-order valence-corrected chi connectivity index (χ0v) is 16.8. The average Bonchev–Trinajstić information content (AvgIpc) is 3.05. The summed E-state index contributed by atoms with van der Waals surface area (Å²) in [7, 11) is 0. The molecule has 2 aromatic rings. The maximum Gasteiger partial charge on any atom is 0.231 e. The third-order valence-corrected chi connectivity index (χ3v) is 6.11. The van der Waals surface area contributed by atoms with Gasteiger partial charge in [0.05, 0.1) is 5.92 Å². The summed E-state index contributed by atoms with van der Waals surface area (Å²) in [5.41, 5.74) is 4.05. The number of fused-ring (bicyclic) bond motifs is 3. The number of benzene rings is 2. The Hall–Kier alpha value is -2.27. The molecule has 2 aliphatic heterocycles. The Balaban J connectivity index is 1.73. The van der Waals surface area contributed by atoms with Crippen molar-refractivity contribution in [1.82, 2.24) is 0 Å². The first-order valence-corrected chi connectivity index (χ1v) is 9.92. The van der Waals surface area contributed by atoms with Crippen molar-refractivity contribution in [2.45, 2.75) is 26.2 Å². The molecular weight excluding hydrogens is 406 g/mol. The maximum absolute atomic E-state index is 13.2. The van der Waals surface area contributed by atoms with Gasteiger partial charge in [0.25, 0.3) is 0 Å². The number of carbonyl (C=O) groups is 1. The van der Waals surface area contributed by atoms with Crippen molar-refractivity contribution in [3.05, 3.63) is 63.8 Å². The lowest BCUT2D eigenvalue weighted by Crippen LogP contribution is -2.38. The van der Waals surface area contributed by atoms with E-state index >= 15 is 0 Å². The summed E-state index contributed by atoms with van der Waals surface area (Å²) in [6.07, 6.45) is 2.77. The minimum absolute atomic E-state index is 0.0429. The zero-order valence-electron chi connectivity index (χ0n) is 15.2. The molecule has 0 amide bonds. The molecule has 5 heteroatoms. The number of halogens is 1. The fourth-order valence-electron chi connectivity index (χ4n) is 4.47. The van der Waals surface area contributed by atoms with Crippen LogP contribution in [0.25, 0.3) is 0 Å². The van der Waals surface area contributed by atoms with E-state index in [1.807, 2.05) is 24.3 Å². The van der Waals surface area contributed by atoms with Gasteiger partial charge in [0.1, 0.15) is 5.78 Å². The Labute approximate surface area is 166 Å². The summed E-state index contributed by atoms with van der Waals surface area (Å²) in [6.45, 7) is 4.46. The molecule has 0 fully saturated rings. The smallest absolute Gasteiger partial charge is 0.231 e. The van der Waals surface area contributed by atoms with Gasteiger partial charge in [-0.3, -0.25) is 4.79 Å². The highest BCUT2D eigenvalue weighted by atomic mass is 79.9. The fourth-order valence-corrected chi connectivity index (χ4v) is 4.74. The van der Waals surface area contributed by atoms with Gasteiger partial charge in [-0.25, -0.2) is 0 Å². The Morgan fingerprint density at radius 3 is 2.52 bits per heavy atom. The second kappa shape index (κ2) is 5.86. The number of hydrogen-bond donors (Lipinski definition) is 1. The lowest BCUT2D eigenvalue weighted by molar-refractivity contribution is -0.124. The van der Waals surface area contributed by atoms with Crippen LogP contribution in [0.5, 0.6) is 11.5 Å². The largest absolute Gasteiger partial charge is 0.454 e. The Bertz CT molecular complexity index is 978. The van der Waals surface area contributed by atoms with Crippen LogP contribution in [0.2, 0.25) is 0 Å². The number of rotatable bonds is 1. The number of carbonyl (C=O) groups excluding carboxylic acids is 1. The van der Waals surface area contributed by atoms with Gasteiger partial charge in [-0.15, -0.1) is 0 Å². The molecular formula is C22H20BrNO3. The van der Waals surface area contributed by atoms with Crippen LogP contribution < -0.4 is 14.8 Å². The maximum atomic E-state index is 13.2. The highest BCUT2D eigenvalue weighted by Crippen LogP contribution is 2.52. The summed E-state index contributed by atoms with van der Waals surface area (Å²) < 4.78 is 12.2. The van der Waals surface area contributed by atoms with Gasteiger partial charge in [0.15, 0.2) is 11.5 Å². The molecule has 27 heavy (non-hydrogen) atoms. The molecule has 0 bridgehead atoms. The molecule has 2 heterocycles. The topological polar surface area (TPSA) is 47.6 Å². The van der Waals surface area contributed by atoms with Gasteiger partial charge in [-0.2, -0.15) is 0 Å². The predicted molar refractivity (Wildman–Crippen MR) is 107 cm³/mol. The van der Waals surface area contributed by atoms with Crippen molar-refractivity contribution in [3.8, 4) is 11.5 Å². The molecule has 4 nitrogen and oxygen atoms in total. The molecule has 0 aromatic heterocycles. The average molecular weight is 426 g/mol. The first kappa shape index (κ1) is 16.9. The second-order valence-corrected chi connectivity index (χ2v) is 9.07. The van der Waals surface area contributed by atoms with Gasteiger partial charge in [0.2, 0.25) is 6.79 Å². The van der Waals surface area contributed by atoms with Crippen LogP contribution in [0.3, 0.4) is 0 Å². The van der Waals surface area contributed by atoms with E-state index in [1.165, 1.54) is 0 Å². The van der Waals surface area contributed by atoms with Crippen LogP contribution in [0.15, 0.2) is 52.6 Å².